The zero-order valence-corrected chi connectivity index (χ0v) is 18.4. The number of rotatable bonds is 7. The van der Waals surface area contributed by atoms with Crippen LogP contribution in [0.25, 0.3) is 0 Å². The molecule has 31 heavy (non-hydrogen) atoms. The lowest BCUT2D eigenvalue weighted by atomic mass is 10.1. The van der Waals surface area contributed by atoms with Crippen LogP contribution in [-0.2, 0) is 9.53 Å². The summed E-state index contributed by atoms with van der Waals surface area (Å²) in [6.45, 7) is 0.965. The minimum Gasteiger partial charge on any atom is -0.507 e. The lowest BCUT2D eigenvalue weighted by Gasteiger charge is -2.21. The number of nitrogens with zero attached hydrogens (tertiary/aromatic N) is 2. The van der Waals surface area contributed by atoms with Crippen LogP contribution in [0.2, 0.25) is 10.0 Å². The van der Waals surface area contributed by atoms with Crippen LogP contribution in [0.5, 0.6) is 17.2 Å². The Bertz CT molecular complexity index is 988. The monoisotopic (exact) mass is 470 g/mol. The number of carboxylic acid groups (broad SMARTS) is 1. The average molecular weight is 471 g/mol. The molecule has 0 bridgehead atoms. The molecular formula is C20H20Cl2N2O7. The number of phenols is 1. The Morgan fingerprint density at radius 1 is 1.06 bits per heavy atom. The summed E-state index contributed by atoms with van der Waals surface area (Å²) in [5.41, 5.74) is 0.110. The van der Waals surface area contributed by atoms with Crippen molar-refractivity contribution >= 4 is 46.9 Å². The van der Waals surface area contributed by atoms with Gasteiger partial charge in [-0.25, -0.2) is 4.79 Å². The molecule has 2 rings (SSSR count). The Morgan fingerprint density at radius 3 is 2.19 bits per heavy atom. The lowest BCUT2D eigenvalue weighted by Crippen LogP contribution is -2.36. The summed E-state index contributed by atoms with van der Waals surface area (Å²) >= 11 is 12.5. The van der Waals surface area contributed by atoms with Crippen molar-refractivity contribution in [3.8, 4) is 17.2 Å². The van der Waals surface area contributed by atoms with Crippen LogP contribution in [0.3, 0.4) is 0 Å². The number of ether oxygens (including phenoxy) is 2. The van der Waals surface area contributed by atoms with E-state index in [1.54, 1.807) is 6.92 Å². The molecule has 0 heterocycles. The molecule has 0 unspecified atom stereocenters. The quantitative estimate of drug-likeness (QED) is 0.621. The molecule has 0 saturated carbocycles. The number of phenolic OH excluding ortho intramolecular Hbond substituents is 1. The van der Waals surface area contributed by atoms with Gasteiger partial charge in [-0.15, -0.1) is 0 Å². The average Bonchev–Trinajstić information content (AvgIpc) is 2.69. The molecular weight excluding hydrogens is 451 g/mol. The van der Waals surface area contributed by atoms with E-state index < -0.39 is 24.5 Å². The molecule has 0 spiro atoms. The van der Waals surface area contributed by atoms with E-state index in [-0.39, 0.29) is 45.2 Å². The van der Waals surface area contributed by atoms with Gasteiger partial charge in [-0.3, -0.25) is 14.5 Å². The first kappa shape index (κ1) is 24.1. The molecule has 0 aliphatic rings. The number of hydrogen-bond donors (Lipinski definition) is 2. The number of carbonyl (C=O) groups is 3. The van der Waals surface area contributed by atoms with E-state index in [0.29, 0.717) is 0 Å². The molecule has 2 aromatic rings. The van der Waals surface area contributed by atoms with E-state index in [1.165, 1.54) is 49.3 Å². The Labute approximate surface area is 188 Å². The Morgan fingerprint density at radius 2 is 1.68 bits per heavy atom. The van der Waals surface area contributed by atoms with Gasteiger partial charge >= 0.3 is 12.1 Å². The topological polar surface area (TPSA) is 117 Å². The third-order valence-electron chi connectivity index (χ3n) is 3.90. The van der Waals surface area contributed by atoms with E-state index >= 15 is 0 Å². The Hall–Kier alpha value is -3.17. The molecule has 0 aliphatic carbocycles. The maximum atomic E-state index is 12.2. The molecule has 0 aromatic heterocycles. The molecule has 0 atom stereocenters. The zero-order valence-electron chi connectivity index (χ0n) is 16.9. The summed E-state index contributed by atoms with van der Waals surface area (Å²) in [6, 6.07) is 6.63. The second-order valence-electron chi connectivity index (χ2n) is 6.40. The van der Waals surface area contributed by atoms with Gasteiger partial charge in [0, 0.05) is 14.1 Å². The van der Waals surface area contributed by atoms with E-state index in [0.717, 1.165) is 4.90 Å². The van der Waals surface area contributed by atoms with Crippen molar-refractivity contribution in [2.24, 2.45) is 0 Å². The molecule has 0 fully saturated rings. The predicted molar refractivity (Wildman–Crippen MR) is 115 cm³/mol. The first-order valence-electron chi connectivity index (χ1n) is 8.92. The minimum atomic E-state index is -1.26. The van der Waals surface area contributed by atoms with Crippen LogP contribution in [0, 0.1) is 0 Å². The van der Waals surface area contributed by atoms with Gasteiger partial charge in [0.1, 0.15) is 18.0 Å². The number of amides is 2. The number of benzene rings is 2. The summed E-state index contributed by atoms with van der Waals surface area (Å²) in [4.78, 5) is 37.6. The molecule has 2 aromatic carbocycles. The van der Waals surface area contributed by atoms with Crippen molar-refractivity contribution in [3.63, 3.8) is 0 Å². The maximum Gasteiger partial charge on any atom is 0.414 e. The highest BCUT2D eigenvalue weighted by atomic mass is 35.5. The molecule has 2 amide bonds. The molecule has 166 valence electrons. The van der Waals surface area contributed by atoms with Gasteiger partial charge in [0.2, 0.25) is 0 Å². The van der Waals surface area contributed by atoms with Crippen LogP contribution in [-0.4, -0.2) is 60.3 Å². The largest absolute Gasteiger partial charge is 0.507 e. The number of aliphatic carboxylic acids is 1. The van der Waals surface area contributed by atoms with Gasteiger partial charge in [0.25, 0.3) is 5.91 Å². The third-order valence-corrected chi connectivity index (χ3v) is 4.46. The van der Waals surface area contributed by atoms with Crippen molar-refractivity contribution in [1.82, 2.24) is 4.90 Å². The van der Waals surface area contributed by atoms with Crippen molar-refractivity contribution in [2.75, 3.05) is 32.1 Å². The summed E-state index contributed by atoms with van der Waals surface area (Å²) in [6.07, 6.45) is -0.879. The minimum absolute atomic E-state index is 0.0140. The Kier molecular flexibility index (Phi) is 7.95. The zero-order chi connectivity index (χ0) is 23.3. The molecule has 0 aliphatic heterocycles. The van der Waals surface area contributed by atoms with Crippen molar-refractivity contribution in [1.29, 1.82) is 0 Å². The van der Waals surface area contributed by atoms with Crippen LogP contribution in [0.15, 0.2) is 30.3 Å². The highest BCUT2D eigenvalue weighted by Gasteiger charge is 2.23. The van der Waals surface area contributed by atoms with Gasteiger partial charge < -0.3 is 24.6 Å². The highest BCUT2D eigenvalue weighted by molar-refractivity contribution is 6.37. The maximum absolute atomic E-state index is 12.2. The number of halogens is 2. The van der Waals surface area contributed by atoms with E-state index in [1.807, 2.05) is 0 Å². The van der Waals surface area contributed by atoms with E-state index in [2.05, 4.69) is 0 Å². The first-order chi connectivity index (χ1) is 14.5. The third kappa shape index (κ3) is 5.93. The van der Waals surface area contributed by atoms with Gasteiger partial charge in [-0.1, -0.05) is 23.2 Å². The van der Waals surface area contributed by atoms with Gasteiger partial charge in [-0.05, 0) is 37.3 Å². The normalized spacial score (nSPS) is 10.4. The fourth-order valence-corrected chi connectivity index (χ4v) is 3.06. The standard InChI is InChI=1S/C20H20Cl2N2O7/c1-4-30-20(29)24(10-17(26)27)11-7-14(21)18(15(22)8-11)31-12-5-6-16(25)13(9-12)19(28)23(2)3/h5-9,25H,4,10H2,1-3H3,(H,26,27). The summed E-state index contributed by atoms with van der Waals surface area (Å²) < 4.78 is 10.6. The van der Waals surface area contributed by atoms with Crippen molar-refractivity contribution < 1.29 is 34.1 Å². The fraction of sp³-hybridized carbons (Fsp3) is 0.250. The van der Waals surface area contributed by atoms with E-state index in [9.17, 15) is 19.5 Å². The summed E-state index contributed by atoms with van der Waals surface area (Å²) in [5.74, 6) is -1.73. The second kappa shape index (κ2) is 10.2. The SMILES string of the molecule is CCOC(=O)N(CC(=O)O)c1cc(Cl)c(Oc2ccc(O)c(C(=O)N(C)C)c2)c(Cl)c1. The van der Waals surface area contributed by atoms with Crippen LogP contribution in [0.4, 0.5) is 10.5 Å². The van der Waals surface area contributed by atoms with Crippen LogP contribution >= 0.6 is 23.2 Å². The number of hydrogen-bond acceptors (Lipinski definition) is 6. The van der Waals surface area contributed by atoms with Crippen LogP contribution in [0.1, 0.15) is 17.3 Å². The molecule has 11 heteroatoms. The van der Waals surface area contributed by atoms with Gasteiger partial charge in [-0.2, -0.15) is 0 Å². The molecule has 9 nitrogen and oxygen atoms in total. The lowest BCUT2D eigenvalue weighted by molar-refractivity contribution is -0.135. The molecule has 0 saturated heterocycles. The smallest absolute Gasteiger partial charge is 0.414 e. The van der Waals surface area contributed by atoms with Gasteiger partial charge in [0.15, 0.2) is 5.75 Å². The van der Waals surface area contributed by atoms with Crippen molar-refractivity contribution in [2.45, 2.75) is 6.92 Å². The number of aromatic hydroxyl groups is 1. The first-order valence-corrected chi connectivity index (χ1v) is 9.68. The molecule has 0 radical (unpaired) electrons. The highest BCUT2D eigenvalue weighted by Crippen LogP contribution is 2.40. The number of carboxylic acids is 1. The second-order valence-corrected chi connectivity index (χ2v) is 7.21. The van der Waals surface area contributed by atoms with E-state index in [4.69, 9.17) is 37.8 Å². The summed E-state index contributed by atoms with van der Waals surface area (Å²) in [7, 11) is 3.07. The fourth-order valence-electron chi connectivity index (χ4n) is 2.51. The molecule has 2 N–H and O–H groups in total. The number of carbonyl (C=O) groups excluding carboxylic acids is 2. The number of anilines is 1. The predicted octanol–water partition coefficient (Wildman–Crippen LogP) is 4.24. The van der Waals surface area contributed by atoms with Crippen molar-refractivity contribution in [3.05, 3.63) is 45.9 Å². The summed E-state index contributed by atoms with van der Waals surface area (Å²) in [5, 5.41) is 19.0. The Balaban J connectivity index is 2.40. The van der Waals surface area contributed by atoms with Crippen LogP contribution < -0.4 is 9.64 Å². The van der Waals surface area contributed by atoms with Gasteiger partial charge in [0.05, 0.1) is 27.9 Å².